The van der Waals surface area contributed by atoms with Crippen molar-refractivity contribution in [2.24, 2.45) is 0 Å². The molecule has 1 aromatic rings. The number of H-pyrrole nitrogens is 1. The van der Waals surface area contributed by atoms with Crippen molar-refractivity contribution in [2.45, 2.75) is 13.8 Å². The van der Waals surface area contributed by atoms with Crippen molar-refractivity contribution in [1.82, 2.24) is 9.97 Å². The maximum atomic E-state index is 4.09. The smallest absolute Gasteiger partial charge is 0.0931 e. The molecular weight excluding hydrogens is 136 g/mol. The summed E-state index contributed by atoms with van der Waals surface area (Å²) in [6.07, 6.45) is 5.68. The molecule has 0 unspecified atom stereocenters. The number of nitrogens with one attached hydrogen (secondary N) is 1. The Morgan fingerprint density at radius 3 is 2.91 bits per heavy atom. The van der Waals surface area contributed by atoms with Gasteiger partial charge < -0.3 is 4.98 Å². The Kier molecular flexibility index (Phi) is 2.26. The highest BCUT2D eigenvalue weighted by molar-refractivity contribution is 5.42. The van der Waals surface area contributed by atoms with E-state index in [9.17, 15) is 0 Å². The Balaban J connectivity index is 3.21. The third kappa shape index (κ3) is 1.80. The monoisotopic (exact) mass is 148 g/mol. The van der Waals surface area contributed by atoms with Crippen LogP contribution in [0.3, 0.4) is 0 Å². The molecule has 11 heavy (non-hydrogen) atoms. The second kappa shape index (κ2) is 3.19. The van der Waals surface area contributed by atoms with Gasteiger partial charge in [-0.15, -0.1) is 0 Å². The summed E-state index contributed by atoms with van der Waals surface area (Å²) < 4.78 is 0. The zero-order valence-corrected chi connectivity index (χ0v) is 6.89. The first kappa shape index (κ1) is 7.79. The van der Waals surface area contributed by atoms with Crippen molar-refractivity contribution in [2.75, 3.05) is 0 Å². The minimum Gasteiger partial charge on any atom is -0.345 e. The summed E-state index contributed by atoms with van der Waals surface area (Å²) in [5, 5.41) is 1.78. The summed E-state index contributed by atoms with van der Waals surface area (Å²) in [4.78, 5) is 7.01. The van der Waals surface area contributed by atoms with E-state index in [2.05, 4.69) is 16.5 Å². The number of rotatable bonds is 1. The molecule has 1 heterocycles. The summed E-state index contributed by atoms with van der Waals surface area (Å²) in [6.45, 7) is 7.83. The van der Waals surface area contributed by atoms with Gasteiger partial charge in [-0.2, -0.15) is 0 Å². The molecule has 2 heteroatoms. The van der Waals surface area contributed by atoms with Gasteiger partial charge in [0.25, 0.3) is 0 Å². The maximum absolute atomic E-state index is 4.09. The molecule has 2 nitrogen and oxygen atoms in total. The third-order valence-electron chi connectivity index (χ3n) is 1.57. The van der Waals surface area contributed by atoms with E-state index in [1.54, 1.807) is 6.33 Å². The van der Waals surface area contributed by atoms with Crippen molar-refractivity contribution in [3.8, 4) is 0 Å². The predicted octanol–water partition coefficient (Wildman–Crippen LogP) is 0.567. The summed E-state index contributed by atoms with van der Waals surface area (Å²) in [5.41, 5.74) is 1.20. The Morgan fingerprint density at radius 2 is 2.45 bits per heavy atom. The van der Waals surface area contributed by atoms with Crippen LogP contribution in [-0.4, -0.2) is 9.97 Å². The van der Waals surface area contributed by atoms with E-state index < -0.39 is 0 Å². The van der Waals surface area contributed by atoms with Crippen LogP contribution in [0.5, 0.6) is 0 Å². The average molecular weight is 148 g/mol. The summed E-state index contributed by atoms with van der Waals surface area (Å²) in [7, 11) is 0. The lowest BCUT2D eigenvalue weighted by molar-refractivity contribution is 1.29. The fourth-order valence-corrected chi connectivity index (χ4v) is 0.755. The molecule has 0 radical (unpaired) electrons. The van der Waals surface area contributed by atoms with Crippen molar-refractivity contribution in [1.29, 1.82) is 0 Å². The SMILES string of the molecule is C=c1[nH]cn/c1=C/C(C)=C\C. The fourth-order valence-electron chi connectivity index (χ4n) is 0.755. The molecule has 1 aromatic heterocycles. The van der Waals surface area contributed by atoms with Gasteiger partial charge >= 0.3 is 0 Å². The molecule has 0 saturated carbocycles. The van der Waals surface area contributed by atoms with Crippen LogP contribution in [0.2, 0.25) is 0 Å². The quantitative estimate of drug-likeness (QED) is 0.619. The van der Waals surface area contributed by atoms with E-state index in [0.717, 1.165) is 10.7 Å². The van der Waals surface area contributed by atoms with E-state index >= 15 is 0 Å². The molecule has 1 N–H and O–H groups in total. The van der Waals surface area contributed by atoms with Gasteiger partial charge in [-0.05, 0) is 19.9 Å². The van der Waals surface area contributed by atoms with Crippen LogP contribution < -0.4 is 10.7 Å². The highest BCUT2D eigenvalue weighted by atomic mass is 14.8. The van der Waals surface area contributed by atoms with Gasteiger partial charge in [0.1, 0.15) is 0 Å². The van der Waals surface area contributed by atoms with E-state index in [1.807, 2.05) is 26.0 Å². The molecule has 0 aliphatic rings. The number of allylic oxidation sites excluding steroid dienone is 2. The average Bonchev–Trinajstić information content (AvgIpc) is 2.37. The fraction of sp³-hybridized carbons (Fsp3) is 0.222. The Hall–Kier alpha value is -1.31. The minimum absolute atomic E-state index is 0.867. The van der Waals surface area contributed by atoms with Gasteiger partial charge in [-0.3, -0.25) is 0 Å². The molecular formula is C9H12N2. The Morgan fingerprint density at radius 1 is 1.73 bits per heavy atom. The number of aromatic amines is 1. The first-order chi connectivity index (χ1) is 5.24. The molecule has 0 aliphatic carbocycles. The van der Waals surface area contributed by atoms with E-state index in [1.165, 1.54) is 5.57 Å². The third-order valence-corrected chi connectivity index (χ3v) is 1.57. The standard InChI is InChI=1S/C9H12N2/c1-4-7(2)5-9-8(3)10-6-11-9/h4-6H,3H2,1-2H3,(H,10,11)/b7-4-,9-5+. The molecule has 0 saturated heterocycles. The minimum atomic E-state index is 0.867. The Bertz CT molecular complexity index is 357. The lowest BCUT2D eigenvalue weighted by Crippen LogP contribution is -2.22. The van der Waals surface area contributed by atoms with Crippen molar-refractivity contribution in [3.05, 3.63) is 28.7 Å². The van der Waals surface area contributed by atoms with Crippen LogP contribution in [0.1, 0.15) is 13.8 Å². The molecule has 0 spiro atoms. The van der Waals surface area contributed by atoms with Gasteiger partial charge in [0.2, 0.25) is 0 Å². The van der Waals surface area contributed by atoms with Gasteiger partial charge in [-0.25, -0.2) is 4.98 Å². The molecule has 1 rings (SSSR count). The zero-order chi connectivity index (χ0) is 8.27. The topological polar surface area (TPSA) is 28.7 Å². The lowest BCUT2D eigenvalue weighted by Gasteiger charge is -1.83. The van der Waals surface area contributed by atoms with E-state index in [4.69, 9.17) is 0 Å². The van der Waals surface area contributed by atoms with Crippen LogP contribution in [0.25, 0.3) is 12.7 Å². The van der Waals surface area contributed by atoms with Gasteiger partial charge in [0.15, 0.2) is 0 Å². The second-order valence-corrected chi connectivity index (χ2v) is 2.44. The number of nitrogens with zero attached hydrogens (tertiary/aromatic N) is 1. The van der Waals surface area contributed by atoms with E-state index in [-0.39, 0.29) is 0 Å². The predicted molar refractivity (Wildman–Crippen MR) is 47.3 cm³/mol. The molecule has 0 aliphatic heterocycles. The van der Waals surface area contributed by atoms with Crippen LogP contribution >= 0.6 is 0 Å². The number of hydrogen-bond acceptors (Lipinski definition) is 1. The number of hydrogen-bond donors (Lipinski definition) is 1. The molecule has 0 fully saturated rings. The summed E-state index contributed by atoms with van der Waals surface area (Å²) >= 11 is 0. The summed E-state index contributed by atoms with van der Waals surface area (Å²) in [5.74, 6) is 0. The zero-order valence-electron chi connectivity index (χ0n) is 6.89. The second-order valence-electron chi connectivity index (χ2n) is 2.44. The Labute approximate surface area is 66.0 Å². The molecule has 0 bridgehead atoms. The van der Waals surface area contributed by atoms with Crippen LogP contribution in [-0.2, 0) is 0 Å². The van der Waals surface area contributed by atoms with Crippen molar-refractivity contribution < 1.29 is 0 Å². The largest absolute Gasteiger partial charge is 0.345 e. The first-order valence-corrected chi connectivity index (χ1v) is 3.57. The van der Waals surface area contributed by atoms with E-state index in [0.29, 0.717) is 0 Å². The highest BCUT2D eigenvalue weighted by Crippen LogP contribution is 1.89. The maximum Gasteiger partial charge on any atom is 0.0931 e. The number of imidazole rings is 1. The lowest BCUT2D eigenvalue weighted by atomic mass is 10.3. The molecule has 0 aromatic carbocycles. The van der Waals surface area contributed by atoms with Crippen molar-refractivity contribution >= 4 is 12.7 Å². The molecule has 0 amide bonds. The van der Waals surface area contributed by atoms with Crippen LogP contribution in [0, 0.1) is 0 Å². The highest BCUT2D eigenvalue weighted by Gasteiger charge is 1.84. The van der Waals surface area contributed by atoms with Gasteiger partial charge in [0, 0.05) is 0 Å². The van der Waals surface area contributed by atoms with Crippen molar-refractivity contribution in [3.63, 3.8) is 0 Å². The molecule has 58 valence electrons. The van der Waals surface area contributed by atoms with Crippen LogP contribution in [0.15, 0.2) is 18.0 Å². The van der Waals surface area contributed by atoms with Crippen LogP contribution in [0.4, 0.5) is 0 Å². The normalized spacial score (nSPS) is 14.0. The summed E-state index contributed by atoms with van der Waals surface area (Å²) in [6, 6.07) is 0. The van der Waals surface area contributed by atoms with Gasteiger partial charge in [-0.1, -0.05) is 18.2 Å². The molecule has 0 atom stereocenters. The van der Waals surface area contributed by atoms with Gasteiger partial charge in [0.05, 0.1) is 17.0 Å². The first-order valence-electron chi connectivity index (χ1n) is 3.57. The number of aromatic nitrogens is 2.